The molecule has 1 unspecified atom stereocenters. The first kappa shape index (κ1) is 22.4. The van der Waals surface area contributed by atoms with Crippen LogP contribution in [0.3, 0.4) is 0 Å². The fraction of sp³-hybridized carbons (Fsp3) is 0.600. The van der Waals surface area contributed by atoms with Crippen molar-refractivity contribution in [2.45, 2.75) is 65.4 Å². The third kappa shape index (κ3) is 3.81. The Hall–Kier alpha value is -1.82. The number of carbonyl (C=O) groups is 4. The van der Waals surface area contributed by atoms with E-state index in [1.54, 1.807) is 0 Å². The van der Waals surface area contributed by atoms with E-state index in [9.17, 15) is 19.2 Å². The standard InChI is InChI=1S/C25H29BrO5/c1-24(12-11-22(30)31-14-15-5-3-4-6-18(15)26)20(28)9-7-16-17-8-10-21(29)25(17,2)13-19(27)23(16)24/h3-6,16-17,23H,7-14H2,1-2H3/t16?,17-,23+,24-,25-/m0/s1. The van der Waals surface area contributed by atoms with Gasteiger partial charge in [0.2, 0.25) is 0 Å². The third-order valence-electron chi connectivity index (χ3n) is 8.19. The van der Waals surface area contributed by atoms with Gasteiger partial charge in [-0.05, 0) is 37.2 Å². The van der Waals surface area contributed by atoms with Crippen LogP contribution in [0.5, 0.6) is 0 Å². The number of hydrogen-bond donors (Lipinski definition) is 0. The maximum absolute atomic E-state index is 13.3. The molecule has 0 amide bonds. The van der Waals surface area contributed by atoms with E-state index in [0.29, 0.717) is 25.7 Å². The number of halogens is 1. The number of esters is 1. The first-order valence-corrected chi connectivity index (χ1v) is 11.9. The maximum Gasteiger partial charge on any atom is 0.306 e. The quantitative estimate of drug-likeness (QED) is 0.554. The van der Waals surface area contributed by atoms with Gasteiger partial charge in [0.25, 0.3) is 0 Å². The molecular formula is C25H29BrO5. The molecule has 5 nitrogen and oxygen atoms in total. The van der Waals surface area contributed by atoms with Gasteiger partial charge in [-0.1, -0.05) is 48.0 Å². The molecule has 0 aliphatic heterocycles. The normalized spacial score (nSPS) is 34.9. The van der Waals surface area contributed by atoms with Gasteiger partial charge in [0.1, 0.15) is 24.0 Å². The van der Waals surface area contributed by atoms with Crippen molar-refractivity contribution in [3.8, 4) is 0 Å². The number of ether oxygens (including phenoxy) is 1. The molecule has 3 saturated carbocycles. The summed E-state index contributed by atoms with van der Waals surface area (Å²) in [6.45, 7) is 3.96. The summed E-state index contributed by atoms with van der Waals surface area (Å²) in [5.41, 5.74) is -0.551. The topological polar surface area (TPSA) is 77.5 Å². The number of fused-ring (bicyclic) bond motifs is 3. The zero-order valence-corrected chi connectivity index (χ0v) is 19.7. The number of rotatable bonds is 5. The fourth-order valence-corrected chi connectivity index (χ4v) is 6.81. The molecule has 0 saturated heterocycles. The molecule has 3 aliphatic carbocycles. The van der Waals surface area contributed by atoms with Crippen molar-refractivity contribution < 1.29 is 23.9 Å². The van der Waals surface area contributed by atoms with Crippen LogP contribution >= 0.6 is 15.9 Å². The molecule has 0 N–H and O–H groups in total. The van der Waals surface area contributed by atoms with Crippen LogP contribution in [0, 0.1) is 28.6 Å². The maximum atomic E-state index is 13.3. The molecule has 4 rings (SSSR count). The monoisotopic (exact) mass is 488 g/mol. The third-order valence-corrected chi connectivity index (χ3v) is 8.97. The van der Waals surface area contributed by atoms with E-state index < -0.39 is 16.7 Å². The van der Waals surface area contributed by atoms with Crippen molar-refractivity contribution in [1.82, 2.24) is 0 Å². The fourth-order valence-electron chi connectivity index (χ4n) is 6.41. The van der Waals surface area contributed by atoms with E-state index >= 15 is 0 Å². The number of hydrogen-bond acceptors (Lipinski definition) is 5. The predicted molar refractivity (Wildman–Crippen MR) is 118 cm³/mol. The van der Waals surface area contributed by atoms with Crippen LogP contribution in [-0.4, -0.2) is 23.3 Å². The summed E-state index contributed by atoms with van der Waals surface area (Å²) < 4.78 is 6.31. The molecule has 3 aliphatic rings. The molecule has 6 heteroatoms. The average Bonchev–Trinajstić information content (AvgIpc) is 3.02. The summed E-state index contributed by atoms with van der Waals surface area (Å²) in [7, 11) is 0. The first-order chi connectivity index (χ1) is 14.7. The highest BCUT2D eigenvalue weighted by Gasteiger charge is 2.62. The lowest BCUT2D eigenvalue weighted by molar-refractivity contribution is -0.161. The van der Waals surface area contributed by atoms with Crippen LogP contribution in [0.4, 0.5) is 0 Å². The highest BCUT2D eigenvalue weighted by molar-refractivity contribution is 9.10. The predicted octanol–water partition coefficient (Wildman–Crippen LogP) is 4.83. The van der Waals surface area contributed by atoms with Crippen molar-refractivity contribution in [3.63, 3.8) is 0 Å². The lowest BCUT2D eigenvalue weighted by atomic mass is 9.48. The molecule has 0 spiro atoms. The van der Waals surface area contributed by atoms with Crippen LogP contribution in [0.25, 0.3) is 0 Å². The molecule has 1 aromatic carbocycles. The van der Waals surface area contributed by atoms with Crippen molar-refractivity contribution in [1.29, 1.82) is 0 Å². The van der Waals surface area contributed by atoms with Crippen molar-refractivity contribution in [2.75, 3.05) is 0 Å². The molecule has 31 heavy (non-hydrogen) atoms. The lowest BCUT2D eigenvalue weighted by Crippen LogP contribution is -2.56. The summed E-state index contributed by atoms with van der Waals surface area (Å²) in [6.07, 6.45) is 3.07. The Bertz CT molecular complexity index is 940. The Balaban J connectivity index is 1.46. The van der Waals surface area contributed by atoms with Crippen LogP contribution in [-0.2, 0) is 30.5 Å². The van der Waals surface area contributed by atoms with E-state index in [1.807, 2.05) is 38.1 Å². The van der Waals surface area contributed by atoms with Gasteiger partial charge < -0.3 is 4.74 Å². The summed E-state index contributed by atoms with van der Waals surface area (Å²) in [6, 6.07) is 7.55. The summed E-state index contributed by atoms with van der Waals surface area (Å²) in [5.74, 6) is -0.262. The highest BCUT2D eigenvalue weighted by atomic mass is 79.9. The lowest BCUT2D eigenvalue weighted by Gasteiger charge is -2.52. The molecule has 3 fully saturated rings. The molecule has 0 radical (unpaired) electrons. The Morgan fingerprint density at radius 2 is 1.81 bits per heavy atom. The zero-order valence-electron chi connectivity index (χ0n) is 18.1. The van der Waals surface area contributed by atoms with Crippen LogP contribution in [0.15, 0.2) is 28.7 Å². The SMILES string of the molecule is C[C@]1(CCC(=O)OCc2ccccc2Br)C(=O)CCC2[C@@H]1C(=O)C[C@]1(C)C(=O)CC[C@@H]21. The summed E-state index contributed by atoms with van der Waals surface area (Å²) in [5, 5.41) is 0. The van der Waals surface area contributed by atoms with E-state index in [0.717, 1.165) is 16.5 Å². The van der Waals surface area contributed by atoms with Gasteiger partial charge in [-0.15, -0.1) is 0 Å². The van der Waals surface area contributed by atoms with Crippen LogP contribution in [0.2, 0.25) is 0 Å². The molecule has 0 heterocycles. The van der Waals surface area contributed by atoms with Gasteiger partial charge in [-0.2, -0.15) is 0 Å². The molecule has 0 aromatic heterocycles. The van der Waals surface area contributed by atoms with E-state index in [2.05, 4.69) is 15.9 Å². The molecule has 0 bridgehead atoms. The second-order valence-electron chi connectivity index (χ2n) is 9.90. The average molecular weight is 489 g/mol. The first-order valence-electron chi connectivity index (χ1n) is 11.1. The van der Waals surface area contributed by atoms with E-state index in [-0.39, 0.29) is 54.6 Å². The Morgan fingerprint density at radius 1 is 1.10 bits per heavy atom. The minimum absolute atomic E-state index is 0.0242. The summed E-state index contributed by atoms with van der Waals surface area (Å²) >= 11 is 3.44. The van der Waals surface area contributed by atoms with Crippen LogP contribution in [0.1, 0.15) is 64.4 Å². The summed E-state index contributed by atoms with van der Waals surface area (Å²) in [4.78, 5) is 51.2. The van der Waals surface area contributed by atoms with Crippen LogP contribution < -0.4 is 0 Å². The smallest absolute Gasteiger partial charge is 0.306 e. The highest BCUT2D eigenvalue weighted by Crippen LogP contribution is 2.60. The van der Waals surface area contributed by atoms with E-state index in [4.69, 9.17) is 4.74 Å². The van der Waals surface area contributed by atoms with Crippen molar-refractivity contribution in [2.24, 2.45) is 28.6 Å². The van der Waals surface area contributed by atoms with Gasteiger partial charge in [-0.3, -0.25) is 19.2 Å². The largest absolute Gasteiger partial charge is 0.461 e. The number of ketones is 3. The minimum Gasteiger partial charge on any atom is -0.461 e. The van der Waals surface area contributed by atoms with E-state index in [1.165, 1.54) is 0 Å². The molecule has 5 atom stereocenters. The second-order valence-corrected chi connectivity index (χ2v) is 10.8. The molecule has 1 aromatic rings. The van der Waals surface area contributed by atoms with Gasteiger partial charge in [0.05, 0.1) is 0 Å². The van der Waals surface area contributed by atoms with Gasteiger partial charge in [0.15, 0.2) is 0 Å². The molecular weight excluding hydrogens is 460 g/mol. The number of carbonyl (C=O) groups excluding carboxylic acids is 4. The molecule has 166 valence electrons. The minimum atomic E-state index is -0.862. The van der Waals surface area contributed by atoms with Gasteiger partial charge >= 0.3 is 5.97 Å². The Kier molecular flexibility index (Phi) is 5.97. The van der Waals surface area contributed by atoms with Gasteiger partial charge in [0, 0.05) is 52.5 Å². The van der Waals surface area contributed by atoms with Crippen molar-refractivity contribution >= 4 is 39.2 Å². The van der Waals surface area contributed by atoms with Gasteiger partial charge in [-0.25, -0.2) is 0 Å². The van der Waals surface area contributed by atoms with Crippen molar-refractivity contribution in [3.05, 3.63) is 34.3 Å². The number of benzene rings is 1. The second kappa shape index (κ2) is 8.27. The Morgan fingerprint density at radius 3 is 2.55 bits per heavy atom. The number of Topliss-reactive ketones (excluding diaryl/α,β-unsaturated/α-hetero) is 3. The zero-order chi connectivity index (χ0) is 22.4. The Labute approximate surface area is 191 Å².